The molecule has 2 aromatic carbocycles. The highest BCUT2D eigenvalue weighted by molar-refractivity contribution is 5.80. The molecule has 4 aliphatic rings. The molecule has 2 aliphatic carbocycles. The number of likely N-dealkylation sites (N-methyl/N-ethyl adjacent to an activating group) is 1. The second kappa shape index (κ2) is 5.81. The number of phenolic OH excluding ortho intramolecular Hbond substituents is 1. The van der Waals surface area contributed by atoms with Gasteiger partial charge in [-0.1, -0.05) is 24.3 Å². The lowest BCUT2D eigenvalue weighted by molar-refractivity contribution is -0.205. The predicted octanol–water partition coefficient (Wildman–Crippen LogP) is 3.43. The van der Waals surface area contributed by atoms with Gasteiger partial charge in [0.1, 0.15) is 5.60 Å². The van der Waals surface area contributed by atoms with Gasteiger partial charge in [0, 0.05) is 24.3 Å². The number of pyridine rings is 1. The highest BCUT2D eigenvalue weighted by Gasteiger charge is 2.74. The van der Waals surface area contributed by atoms with Crippen molar-refractivity contribution >= 4 is 16.9 Å². The highest BCUT2D eigenvalue weighted by atomic mass is 16.6. The molecule has 1 N–H and O–H groups in total. The van der Waals surface area contributed by atoms with Crippen molar-refractivity contribution in [1.82, 2.24) is 9.88 Å². The molecule has 0 amide bonds. The van der Waals surface area contributed by atoms with Crippen molar-refractivity contribution in [3.05, 3.63) is 64.8 Å². The van der Waals surface area contributed by atoms with Crippen LogP contribution in [0.1, 0.15) is 41.8 Å². The molecule has 1 aromatic heterocycles. The van der Waals surface area contributed by atoms with Crippen molar-refractivity contribution in [2.45, 2.75) is 49.3 Å². The third-order valence-corrected chi connectivity index (χ3v) is 8.31. The summed E-state index contributed by atoms with van der Waals surface area (Å²) in [4.78, 5) is 20.0. The predicted molar refractivity (Wildman–Crippen MR) is 118 cm³/mol. The molecule has 1 spiro atoms. The molecule has 3 aromatic rings. The quantitative estimate of drug-likeness (QED) is 0.599. The Kier molecular flexibility index (Phi) is 3.35. The molecule has 6 nitrogen and oxygen atoms in total. The zero-order valence-electron chi connectivity index (χ0n) is 18.1. The van der Waals surface area contributed by atoms with Crippen molar-refractivity contribution < 1.29 is 19.4 Å². The van der Waals surface area contributed by atoms with Crippen LogP contribution < -0.4 is 4.74 Å². The van der Waals surface area contributed by atoms with Crippen LogP contribution in [0.25, 0.3) is 10.9 Å². The Morgan fingerprint density at radius 3 is 2.94 bits per heavy atom. The molecular weight excluding hydrogens is 404 g/mol. The summed E-state index contributed by atoms with van der Waals surface area (Å²) in [5, 5.41) is 11.8. The molecule has 1 saturated heterocycles. The van der Waals surface area contributed by atoms with Crippen LogP contribution in [-0.4, -0.2) is 46.2 Å². The summed E-state index contributed by atoms with van der Waals surface area (Å²) < 4.78 is 13.0. The molecule has 2 bridgehead atoms. The first-order chi connectivity index (χ1) is 15.4. The molecule has 4 atom stereocenters. The number of hydrogen-bond acceptors (Lipinski definition) is 6. The van der Waals surface area contributed by atoms with Gasteiger partial charge in [-0.15, -0.1) is 0 Å². The minimum absolute atomic E-state index is 0.0221. The third-order valence-electron chi connectivity index (χ3n) is 8.31. The molecule has 0 saturated carbocycles. The van der Waals surface area contributed by atoms with E-state index in [4.69, 9.17) is 14.5 Å². The fourth-order valence-corrected chi connectivity index (χ4v) is 7.18. The summed E-state index contributed by atoms with van der Waals surface area (Å²) in [6.07, 6.45) is 1.70. The monoisotopic (exact) mass is 428 g/mol. The lowest BCUT2D eigenvalue weighted by Crippen LogP contribution is -2.75. The van der Waals surface area contributed by atoms with Crippen molar-refractivity contribution in [2.75, 3.05) is 13.6 Å². The van der Waals surface area contributed by atoms with Crippen LogP contribution in [0.3, 0.4) is 0 Å². The second-order valence-corrected chi connectivity index (χ2v) is 9.75. The lowest BCUT2D eigenvalue weighted by atomic mass is 9.48. The lowest BCUT2D eigenvalue weighted by Gasteiger charge is -2.63. The number of carbonyl (C=O) groups is 1. The number of aromatic hydroxyl groups is 1. The second-order valence-electron chi connectivity index (χ2n) is 9.75. The summed E-state index contributed by atoms with van der Waals surface area (Å²) in [7, 11) is 2.12. The number of rotatable bonds is 1. The summed E-state index contributed by atoms with van der Waals surface area (Å²) in [5.74, 6) is 0.400. The number of likely N-dealkylation sites (tertiary alicyclic amines) is 1. The fourth-order valence-electron chi connectivity index (χ4n) is 7.18. The molecule has 3 heterocycles. The Balaban J connectivity index is 1.60. The molecule has 7 rings (SSSR count). The van der Waals surface area contributed by atoms with Crippen LogP contribution in [0.4, 0.5) is 0 Å². The van der Waals surface area contributed by atoms with E-state index in [1.807, 2.05) is 24.3 Å². The van der Waals surface area contributed by atoms with Gasteiger partial charge in [-0.05, 0) is 55.8 Å². The van der Waals surface area contributed by atoms with Crippen molar-refractivity contribution in [1.29, 1.82) is 0 Å². The van der Waals surface area contributed by atoms with E-state index >= 15 is 0 Å². The van der Waals surface area contributed by atoms with Gasteiger partial charge < -0.3 is 14.6 Å². The van der Waals surface area contributed by atoms with Crippen LogP contribution in [0.2, 0.25) is 0 Å². The first kappa shape index (κ1) is 18.5. The molecule has 6 heteroatoms. The van der Waals surface area contributed by atoms with Crippen LogP contribution in [0, 0.1) is 0 Å². The number of piperidine rings is 1. The number of nitrogens with zero attached hydrogens (tertiary/aromatic N) is 2. The Morgan fingerprint density at radius 1 is 1.25 bits per heavy atom. The third kappa shape index (κ3) is 1.96. The minimum atomic E-state index is -0.778. The van der Waals surface area contributed by atoms with Gasteiger partial charge in [0.05, 0.1) is 22.7 Å². The van der Waals surface area contributed by atoms with Gasteiger partial charge in [0.25, 0.3) is 0 Å². The summed E-state index contributed by atoms with van der Waals surface area (Å²) in [5.41, 5.74) is 3.73. The Hall–Kier alpha value is -3.12. The maximum absolute atomic E-state index is 12.6. The smallest absolute Gasteiger partial charge is 0.303 e. The molecule has 32 heavy (non-hydrogen) atoms. The number of phenols is 1. The first-order valence-electron chi connectivity index (χ1n) is 11.2. The Labute approximate surface area is 185 Å². The van der Waals surface area contributed by atoms with E-state index in [0.29, 0.717) is 12.2 Å². The maximum Gasteiger partial charge on any atom is 0.303 e. The topological polar surface area (TPSA) is 71.9 Å². The number of aromatic nitrogens is 1. The van der Waals surface area contributed by atoms with E-state index in [1.165, 1.54) is 12.5 Å². The van der Waals surface area contributed by atoms with Crippen molar-refractivity contribution in [2.24, 2.45) is 0 Å². The van der Waals surface area contributed by atoms with E-state index < -0.39 is 17.1 Å². The molecule has 1 fully saturated rings. The Bertz CT molecular complexity index is 1340. The van der Waals surface area contributed by atoms with E-state index in [-0.39, 0.29) is 17.8 Å². The van der Waals surface area contributed by atoms with Gasteiger partial charge >= 0.3 is 5.97 Å². The average molecular weight is 428 g/mol. The van der Waals surface area contributed by atoms with Crippen LogP contribution in [0.15, 0.2) is 42.5 Å². The number of carbonyl (C=O) groups excluding carboxylic acids is 1. The van der Waals surface area contributed by atoms with Gasteiger partial charge in [0.2, 0.25) is 0 Å². The van der Waals surface area contributed by atoms with Crippen LogP contribution in [0.5, 0.6) is 11.5 Å². The van der Waals surface area contributed by atoms with Crippen molar-refractivity contribution in [3.63, 3.8) is 0 Å². The molecule has 0 unspecified atom stereocenters. The van der Waals surface area contributed by atoms with Crippen LogP contribution in [-0.2, 0) is 27.8 Å². The molecule has 2 aliphatic heterocycles. The van der Waals surface area contributed by atoms with E-state index in [9.17, 15) is 9.90 Å². The standard InChI is InChI=1S/C26H24N2O4/c1-14(29)32-26-13-17-11-15-5-3-4-6-18(15)27-22(17)24-25(26)9-10-28(2)20(26)12-16-7-8-19(30)23(31-24)21(16)25/h3-8,11,20,24,30H,9-10,12-13H2,1-2H3/t20-,24+,25+,26-/m1/s1. The summed E-state index contributed by atoms with van der Waals surface area (Å²) in [6.45, 7) is 2.37. The highest BCUT2D eigenvalue weighted by Crippen LogP contribution is 2.69. The first-order valence-corrected chi connectivity index (χ1v) is 11.2. The molecule has 162 valence electrons. The fraction of sp³-hybridized carbons (Fsp3) is 0.385. The van der Waals surface area contributed by atoms with Gasteiger partial charge in [0.15, 0.2) is 17.6 Å². The van der Waals surface area contributed by atoms with E-state index in [2.05, 4.69) is 24.1 Å². The van der Waals surface area contributed by atoms with Gasteiger partial charge in [-0.25, -0.2) is 4.98 Å². The van der Waals surface area contributed by atoms with E-state index in [1.54, 1.807) is 6.07 Å². The van der Waals surface area contributed by atoms with Crippen LogP contribution >= 0.6 is 0 Å². The number of hydrogen-bond donors (Lipinski definition) is 1. The number of fused-ring (bicyclic) bond motifs is 3. The summed E-state index contributed by atoms with van der Waals surface area (Å²) in [6, 6.07) is 14.0. The average Bonchev–Trinajstić information content (AvgIpc) is 3.12. The minimum Gasteiger partial charge on any atom is -0.504 e. The SMILES string of the molecule is CC(=O)O[C@@]12Cc3cc4ccccc4nc3[C@@H]3Oc4c(O)ccc5c4[C@@]31CCN(C)[C@@H]2C5. The summed E-state index contributed by atoms with van der Waals surface area (Å²) >= 11 is 0. The van der Waals surface area contributed by atoms with Gasteiger partial charge in [-0.3, -0.25) is 9.69 Å². The molecule has 0 radical (unpaired) electrons. The number of para-hydroxylation sites is 1. The normalized spacial score (nSPS) is 31.6. The maximum atomic E-state index is 12.6. The zero-order chi connectivity index (χ0) is 21.8. The zero-order valence-corrected chi connectivity index (χ0v) is 18.1. The van der Waals surface area contributed by atoms with Crippen molar-refractivity contribution in [3.8, 4) is 11.5 Å². The van der Waals surface area contributed by atoms with E-state index in [0.717, 1.165) is 47.1 Å². The largest absolute Gasteiger partial charge is 0.504 e. The number of ether oxygens (including phenoxy) is 2. The number of benzene rings is 2. The molecular formula is C26H24N2O4. The van der Waals surface area contributed by atoms with Gasteiger partial charge in [-0.2, -0.15) is 0 Å². The Morgan fingerprint density at radius 2 is 2.09 bits per heavy atom. The number of esters is 1.